The average Bonchev–Trinajstić information content (AvgIpc) is 3.22. The van der Waals surface area contributed by atoms with E-state index in [9.17, 15) is 10.1 Å². The highest BCUT2D eigenvalue weighted by molar-refractivity contribution is 5.68. The molecule has 0 unspecified atom stereocenters. The van der Waals surface area contributed by atoms with Crippen molar-refractivity contribution in [2.45, 2.75) is 18.9 Å². The number of nitro benzene ring substituents is 1. The maximum atomic E-state index is 11.0. The molecule has 0 radical (unpaired) electrons. The zero-order chi connectivity index (χ0) is 13.8. The van der Waals surface area contributed by atoms with Crippen LogP contribution in [0.25, 0.3) is 0 Å². The molecule has 1 aliphatic carbocycles. The van der Waals surface area contributed by atoms with Crippen LogP contribution in [0.3, 0.4) is 0 Å². The number of hydrogen-bond acceptors (Lipinski definition) is 5. The minimum absolute atomic E-state index is 0.0885. The van der Waals surface area contributed by atoms with Crippen LogP contribution < -0.4 is 5.32 Å². The summed E-state index contributed by atoms with van der Waals surface area (Å²) >= 11 is 0. The molecule has 0 aliphatic heterocycles. The van der Waals surface area contributed by atoms with Gasteiger partial charge in [0.2, 0.25) is 0 Å². The molecule has 1 aromatic carbocycles. The van der Waals surface area contributed by atoms with E-state index in [0.717, 1.165) is 6.54 Å². The Labute approximate surface area is 111 Å². The number of nitriles is 1. The molecule has 100 valence electrons. The zero-order valence-corrected chi connectivity index (χ0v) is 10.8. The zero-order valence-electron chi connectivity index (χ0n) is 10.8. The van der Waals surface area contributed by atoms with E-state index in [1.165, 1.54) is 18.9 Å². The number of hydrogen-bond donors (Lipinski definition) is 1. The van der Waals surface area contributed by atoms with Gasteiger partial charge in [-0.15, -0.1) is 0 Å². The Morgan fingerprint density at radius 1 is 1.58 bits per heavy atom. The molecule has 19 heavy (non-hydrogen) atoms. The molecular formula is C13H16N4O2. The van der Waals surface area contributed by atoms with Gasteiger partial charge in [-0.3, -0.25) is 10.1 Å². The van der Waals surface area contributed by atoms with Crippen molar-refractivity contribution < 1.29 is 4.92 Å². The molecule has 0 aromatic heterocycles. The number of rotatable bonds is 6. The van der Waals surface area contributed by atoms with Gasteiger partial charge in [-0.1, -0.05) is 6.07 Å². The number of likely N-dealkylation sites (N-methyl/N-ethyl adjacent to an activating group) is 1. The molecule has 0 bridgehead atoms. The van der Waals surface area contributed by atoms with Gasteiger partial charge in [0.25, 0.3) is 0 Å². The number of nitro groups is 1. The fourth-order valence-corrected chi connectivity index (χ4v) is 2.04. The minimum Gasteiger partial charge on any atom is -0.378 e. The van der Waals surface area contributed by atoms with E-state index in [1.54, 1.807) is 12.1 Å². The van der Waals surface area contributed by atoms with E-state index >= 15 is 0 Å². The van der Waals surface area contributed by atoms with Gasteiger partial charge in [0, 0.05) is 19.1 Å². The Bertz CT molecular complexity index is 520. The number of nitrogens with zero attached hydrogens (tertiary/aromatic N) is 3. The molecular weight excluding hydrogens is 244 g/mol. The van der Waals surface area contributed by atoms with Crippen LogP contribution in [0.2, 0.25) is 0 Å². The summed E-state index contributed by atoms with van der Waals surface area (Å²) in [7, 11) is 2.06. The third kappa shape index (κ3) is 3.20. The molecule has 1 saturated carbocycles. The van der Waals surface area contributed by atoms with Gasteiger partial charge >= 0.3 is 5.69 Å². The van der Waals surface area contributed by atoms with Crippen molar-refractivity contribution in [3.63, 3.8) is 0 Å². The Balaban J connectivity index is 2.03. The van der Waals surface area contributed by atoms with Gasteiger partial charge in [0.15, 0.2) is 0 Å². The van der Waals surface area contributed by atoms with E-state index < -0.39 is 4.92 Å². The predicted octanol–water partition coefficient (Wildman–Crippen LogP) is 1.97. The van der Waals surface area contributed by atoms with Crippen molar-refractivity contribution in [1.82, 2.24) is 4.90 Å². The van der Waals surface area contributed by atoms with Crippen molar-refractivity contribution in [2.75, 3.05) is 25.5 Å². The van der Waals surface area contributed by atoms with Gasteiger partial charge in [-0.2, -0.15) is 5.26 Å². The second-order valence-electron chi connectivity index (χ2n) is 4.71. The number of anilines is 1. The maximum absolute atomic E-state index is 11.0. The summed E-state index contributed by atoms with van der Waals surface area (Å²) in [5.41, 5.74) is 0.359. The second-order valence-corrected chi connectivity index (χ2v) is 4.71. The molecule has 0 saturated heterocycles. The summed E-state index contributed by atoms with van der Waals surface area (Å²) in [6, 6.07) is 7.27. The van der Waals surface area contributed by atoms with Gasteiger partial charge in [0.05, 0.1) is 4.92 Å². The average molecular weight is 260 g/mol. The first kappa shape index (κ1) is 13.3. The Morgan fingerprint density at radius 3 is 2.89 bits per heavy atom. The van der Waals surface area contributed by atoms with Crippen molar-refractivity contribution in [1.29, 1.82) is 5.26 Å². The molecule has 0 spiro atoms. The van der Waals surface area contributed by atoms with Crippen molar-refractivity contribution in [2.24, 2.45) is 0 Å². The highest BCUT2D eigenvalue weighted by Gasteiger charge is 2.25. The molecule has 1 aliphatic rings. The lowest BCUT2D eigenvalue weighted by molar-refractivity contribution is -0.384. The molecule has 0 amide bonds. The fraction of sp³-hybridized carbons (Fsp3) is 0.462. The minimum atomic E-state index is -0.508. The van der Waals surface area contributed by atoms with E-state index in [4.69, 9.17) is 5.26 Å². The van der Waals surface area contributed by atoms with Crippen molar-refractivity contribution >= 4 is 11.4 Å². The molecule has 6 nitrogen and oxygen atoms in total. The number of para-hydroxylation sites is 1. The maximum Gasteiger partial charge on any atom is 0.309 e. The van der Waals surface area contributed by atoms with Crippen LogP contribution in [-0.4, -0.2) is 36.0 Å². The third-order valence-corrected chi connectivity index (χ3v) is 3.29. The summed E-state index contributed by atoms with van der Waals surface area (Å²) in [5.74, 6) is 0. The molecule has 1 aromatic rings. The first-order valence-electron chi connectivity index (χ1n) is 6.25. The Morgan fingerprint density at radius 2 is 2.32 bits per heavy atom. The summed E-state index contributed by atoms with van der Waals surface area (Å²) in [4.78, 5) is 12.8. The molecule has 6 heteroatoms. The summed E-state index contributed by atoms with van der Waals surface area (Å²) in [5, 5.41) is 23.0. The monoisotopic (exact) mass is 260 g/mol. The summed E-state index contributed by atoms with van der Waals surface area (Å²) in [6.07, 6.45) is 2.47. The van der Waals surface area contributed by atoms with E-state index in [1.807, 2.05) is 6.07 Å². The predicted molar refractivity (Wildman–Crippen MR) is 72.0 cm³/mol. The molecule has 1 N–H and O–H groups in total. The normalized spacial score (nSPS) is 14.2. The van der Waals surface area contributed by atoms with Crippen LogP contribution in [0.5, 0.6) is 0 Å². The summed E-state index contributed by atoms with van der Waals surface area (Å²) in [6.45, 7) is 1.46. The summed E-state index contributed by atoms with van der Waals surface area (Å²) < 4.78 is 0. The first-order chi connectivity index (χ1) is 9.13. The lowest BCUT2D eigenvalue weighted by Gasteiger charge is -2.16. The lowest BCUT2D eigenvalue weighted by Crippen LogP contribution is -2.27. The lowest BCUT2D eigenvalue weighted by atomic mass is 10.1. The van der Waals surface area contributed by atoms with Gasteiger partial charge in [-0.25, -0.2) is 0 Å². The van der Waals surface area contributed by atoms with Gasteiger partial charge in [-0.05, 0) is 32.0 Å². The van der Waals surface area contributed by atoms with Crippen LogP contribution in [0.15, 0.2) is 18.2 Å². The van der Waals surface area contributed by atoms with Crippen LogP contribution in [0, 0.1) is 21.4 Å². The largest absolute Gasteiger partial charge is 0.378 e. The molecule has 0 atom stereocenters. The molecule has 1 fully saturated rings. The van der Waals surface area contributed by atoms with Gasteiger partial charge in [0.1, 0.15) is 17.3 Å². The van der Waals surface area contributed by atoms with Crippen LogP contribution in [0.1, 0.15) is 18.4 Å². The Kier molecular flexibility index (Phi) is 3.97. The third-order valence-electron chi connectivity index (χ3n) is 3.29. The number of nitrogens with one attached hydrogen (secondary N) is 1. The van der Waals surface area contributed by atoms with E-state index in [0.29, 0.717) is 18.3 Å². The van der Waals surface area contributed by atoms with Crippen LogP contribution >= 0.6 is 0 Å². The second kappa shape index (κ2) is 5.67. The first-order valence-corrected chi connectivity index (χ1v) is 6.25. The smallest absolute Gasteiger partial charge is 0.309 e. The topological polar surface area (TPSA) is 82.2 Å². The van der Waals surface area contributed by atoms with Crippen molar-refractivity contribution in [3.05, 3.63) is 33.9 Å². The molecule has 2 rings (SSSR count). The van der Waals surface area contributed by atoms with Gasteiger partial charge < -0.3 is 10.2 Å². The van der Waals surface area contributed by atoms with Crippen LogP contribution in [-0.2, 0) is 0 Å². The van der Waals surface area contributed by atoms with Crippen molar-refractivity contribution in [3.8, 4) is 6.07 Å². The standard InChI is InChI=1S/C13H16N4O2/c1-16(11-5-6-11)8-7-15-12-4-2-3-10(9-14)13(12)17(18)19/h2-4,11,15H,5-8H2,1H3. The van der Waals surface area contributed by atoms with E-state index in [-0.39, 0.29) is 11.3 Å². The van der Waals surface area contributed by atoms with E-state index in [2.05, 4.69) is 17.3 Å². The SMILES string of the molecule is CN(CCNc1cccc(C#N)c1[N+](=O)[O-])C1CC1. The fourth-order valence-electron chi connectivity index (χ4n) is 2.04. The Hall–Kier alpha value is -2.13. The molecule has 0 heterocycles. The highest BCUT2D eigenvalue weighted by Crippen LogP contribution is 2.28. The quantitative estimate of drug-likeness (QED) is 0.624. The van der Waals surface area contributed by atoms with Crippen LogP contribution in [0.4, 0.5) is 11.4 Å². The number of benzene rings is 1. The highest BCUT2D eigenvalue weighted by atomic mass is 16.6.